The predicted molar refractivity (Wildman–Crippen MR) is 59.4 cm³/mol. The van der Waals surface area contributed by atoms with Crippen molar-refractivity contribution >= 4 is 0 Å². The van der Waals surface area contributed by atoms with E-state index in [2.05, 4.69) is 48.5 Å². The molecule has 0 fully saturated rings. The third-order valence-corrected chi connectivity index (χ3v) is 1.98. The SMILES string of the molecule is CC(C)CC(C)C(C)C.CCC. The van der Waals surface area contributed by atoms with Crippen LogP contribution in [0.15, 0.2) is 0 Å². The maximum Gasteiger partial charge on any atom is -0.0417 e. The lowest BCUT2D eigenvalue weighted by Gasteiger charge is -2.16. The zero-order chi connectivity index (χ0) is 10.1. The Labute approximate surface area is 79.8 Å². The standard InChI is InChI=1S/C9H20.C3H8/c1-7(2)6-9(5)8(3)4;1-3-2/h7-9H,6H2,1-5H3;3H2,1-2H3. The summed E-state index contributed by atoms with van der Waals surface area (Å²) in [5.74, 6) is 2.61. The fraction of sp³-hybridized carbons (Fsp3) is 1.00. The molecular weight excluding hydrogens is 144 g/mol. The molecule has 12 heavy (non-hydrogen) atoms. The van der Waals surface area contributed by atoms with Gasteiger partial charge in [-0.1, -0.05) is 54.9 Å². The summed E-state index contributed by atoms with van der Waals surface area (Å²) >= 11 is 0. The molecule has 0 N–H and O–H groups in total. The van der Waals surface area contributed by atoms with Crippen molar-refractivity contribution < 1.29 is 0 Å². The van der Waals surface area contributed by atoms with Crippen LogP contribution in [0.25, 0.3) is 0 Å². The molecule has 0 amide bonds. The van der Waals surface area contributed by atoms with Crippen molar-refractivity contribution in [3.63, 3.8) is 0 Å². The van der Waals surface area contributed by atoms with Crippen molar-refractivity contribution in [1.29, 1.82) is 0 Å². The van der Waals surface area contributed by atoms with Gasteiger partial charge < -0.3 is 0 Å². The van der Waals surface area contributed by atoms with Crippen molar-refractivity contribution in [2.24, 2.45) is 17.8 Å². The van der Waals surface area contributed by atoms with E-state index in [1.807, 2.05) is 0 Å². The van der Waals surface area contributed by atoms with Gasteiger partial charge in [-0.3, -0.25) is 0 Å². The number of hydrogen-bond donors (Lipinski definition) is 0. The molecule has 0 aliphatic carbocycles. The van der Waals surface area contributed by atoms with E-state index < -0.39 is 0 Å². The molecule has 76 valence electrons. The minimum atomic E-state index is 0.854. The molecule has 1 atom stereocenters. The lowest BCUT2D eigenvalue weighted by Crippen LogP contribution is -2.06. The molecule has 0 saturated heterocycles. The minimum Gasteiger partial charge on any atom is -0.0656 e. The highest BCUT2D eigenvalue weighted by Gasteiger charge is 2.07. The van der Waals surface area contributed by atoms with E-state index >= 15 is 0 Å². The van der Waals surface area contributed by atoms with Gasteiger partial charge in [0.1, 0.15) is 0 Å². The van der Waals surface area contributed by atoms with Crippen LogP contribution in [0.2, 0.25) is 0 Å². The number of hydrogen-bond acceptors (Lipinski definition) is 0. The Balaban J connectivity index is 0. The van der Waals surface area contributed by atoms with Gasteiger partial charge in [0, 0.05) is 0 Å². The Bertz CT molecular complexity index is 72.1. The second-order valence-corrected chi connectivity index (χ2v) is 4.56. The van der Waals surface area contributed by atoms with Crippen LogP contribution in [-0.2, 0) is 0 Å². The van der Waals surface area contributed by atoms with Crippen LogP contribution < -0.4 is 0 Å². The zero-order valence-electron chi connectivity index (χ0n) is 10.1. The second kappa shape index (κ2) is 9.09. The molecule has 0 heteroatoms. The van der Waals surface area contributed by atoms with Crippen LogP contribution in [0.5, 0.6) is 0 Å². The van der Waals surface area contributed by atoms with Gasteiger partial charge in [0.25, 0.3) is 0 Å². The normalized spacial score (nSPS) is 12.8. The fourth-order valence-electron chi connectivity index (χ4n) is 1.02. The molecule has 0 aliphatic rings. The molecular formula is C12H28. The first-order valence-electron chi connectivity index (χ1n) is 5.45. The molecule has 0 aromatic heterocycles. The van der Waals surface area contributed by atoms with Gasteiger partial charge in [-0.2, -0.15) is 0 Å². The molecule has 0 bridgehead atoms. The zero-order valence-corrected chi connectivity index (χ0v) is 10.1. The van der Waals surface area contributed by atoms with Crippen LogP contribution in [0, 0.1) is 17.8 Å². The first-order chi connectivity index (χ1) is 5.45. The molecule has 0 nitrogen and oxygen atoms in total. The lowest BCUT2D eigenvalue weighted by atomic mass is 9.90. The Morgan fingerprint density at radius 1 is 0.833 bits per heavy atom. The van der Waals surface area contributed by atoms with Crippen LogP contribution in [0.3, 0.4) is 0 Å². The smallest absolute Gasteiger partial charge is 0.0417 e. The second-order valence-electron chi connectivity index (χ2n) is 4.56. The fourth-order valence-corrected chi connectivity index (χ4v) is 1.02. The quantitative estimate of drug-likeness (QED) is 0.577. The van der Waals surface area contributed by atoms with Gasteiger partial charge in [0.2, 0.25) is 0 Å². The highest BCUT2D eigenvalue weighted by atomic mass is 14.1. The molecule has 1 unspecified atom stereocenters. The van der Waals surface area contributed by atoms with Crippen LogP contribution in [0.4, 0.5) is 0 Å². The molecule has 0 aliphatic heterocycles. The van der Waals surface area contributed by atoms with Gasteiger partial charge in [-0.05, 0) is 24.2 Å². The third-order valence-electron chi connectivity index (χ3n) is 1.98. The maximum absolute atomic E-state index is 2.34. The Morgan fingerprint density at radius 2 is 1.17 bits per heavy atom. The van der Waals surface area contributed by atoms with Crippen molar-refractivity contribution in [2.75, 3.05) is 0 Å². The van der Waals surface area contributed by atoms with Crippen LogP contribution in [0.1, 0.15) is 61.3 Å². The van der Waals surface area contributed by atoms with Crippen molar-refractivity contribution in [1.82, 2.24) is 0 Å². The first-order valence-corrected chi connectivity index (χ1v) is 5.45. The van der Waals surface area contributed by atoms with Gasteiger partial charge >= 0.3 is 0 Å². The summed E-state index contributed by atoms with van der Waals surface area (Å²) in [6.45, 7) is 15.8. The number of rotatable bonds is 3. The Hall–Kier alpha value is 0. The first kappa shape index (κ1) is 14.5. The Morgan fingerprint density at radius 3 is 1.25 bits per heavy atom. The summed E-state index contributed by atoms with van der Waals surface area (Å²) in [4.78, 5) is 0. The summed E-state index contributed by atoms with van der Waals surface area (Å²) in [6, 6.07) is 0. The molecule has 0 radical (unpaired) electrons. The molecule has 0 heterocycles. The van der Waals surface area contributed by atoms with Crippen molar-refractivity contribution in [3.05, 3.63) is 0 Å². The predicted octanol–water partition coefficient (Wildman–Crippen LogP) is 4.74. The Kier molecular flexibility index (Phi) is 11.0. The average Bonchev–Trinajstić information content (AvgIpc) is 1.87. The van der Waals surface area contributed by atoms with E-state index in [1.54, 1.807) is 0 Å². The topological polar surface area (TPSA) is 0 Å². The van der Waals surface area contributed by atoms with Crippen LogP contribution in [-0.4, -0.2) is 0 Å². The van der Waals surface area contributed by atoms with Gasteiger partial charge in [0.15, 0.2) is 0 Å². The third kappa shape index (κ3) is 12.7. The summed E-state index contributed by atoms with van der Waals surface area (Å²) in [7, 11) is 0. The highest BCUT2D eigenvalue weighted by Crippen LogP contribution is 2.18. The molecule has 0 rings (SSSR count). The van der Waals surface area contributed by atoms with E-state index in [4.69, 9.17) is 0 Å². The summed E-state index contributed by atoms with van der Waals surface area (Å²) in [5, 5.41) is 0. The van der Waals surface area contributed by atoms with E-state index in [0.29, 0.717) is 0 Å². The van der Waals surface area contributed by atoms with Crippen molar-refractivity contribution in [2.45, 2.75) is 61.3 Å². The van der Waals surface area contributed by atoms with E-state index in [1.165, 1.54) is 12.8 Å². The van der Waals surface area contributed by atoms with Gasteiger partial charge in [0.05, 0.1) is 0 Å². The summed E-state index contributed by atoms with van der Waals surface area (Å²) in [5.41, 5.74) is 0. The molecule has 0 spiro atoms. The average molecular weight is 172 g/mol. The molecule has 0 saturated carbocycles. The molecule has 0 aromatic rings. The van der Waals surface area contributed by atoms with Crippen LogP contribution >= 0.6 is 0 Å². The van der Waals surface area contributed by atoms with E-state index in [9.17, 15) is 0 Å². The highest BCUT2D eigenvalue weighted by molar-refractivity contribution is 4.58. The maximum atomic E-state index is 2.34. The van der Waals surface area contributed by atoms with E-state index in [-0.39, 0.29) is 0 Å². The minimum absolute atomic E-state index is 0.854. The monoisotopic (exact) mass is 172 g/mol. The summed E-state index contributed by atoms with van der Waals surface area (Å²) < 4.78 is 0. The van der Waals surface area contributed by atoms with Gasteiger partial charge in [-0.25, -0.2) is 0 Å². The molecule has 0 aromatic carbocycles. The lowest BCUT2D eigenvalue weighted by molar-refractivity contribution is 0.344. The summed E-state index contributed by atoms with van der Waals surface area (Å²) in [6.07, 6.45) is 2.62. The van der Waals surface area contributed by atoms with Crippen molar-refractivity contribution in [3.8, 4) is 0 Å². The van der Waals surface area contributed by atoms with Gasteiger partial charge in [-0.15, -0.1) is 0 Å². The van der Waals surface area contributed by atoms with E-state index in [0.717, 1.165) is 17.8 Å². The largest absolute Gasteiger partial charge is 0.0656 e.